The van der Waals surface area contributed by atoms with Crippen LogP contribution in [0.5, 0.6) is 23.0 Å². The van der Waals surface area contributed by atoms with E-state index >= 15 is 0 Å². The number of aliphatic hydroxyl groups excluding tert-OH is 1. The first kappa shape index (κ1) is 114. The SMILES string of the molecule is CNCCN(C)C.CO.COc1cc(F)c([N+](=O)[O-])cc1N.COc1cc(F)c([N+](=O)[O-])cc1Nc1nccc(-c2cn(S(C)(=O)=O)c3ccccc23)n1.COc1cc(N(C)CCN(C)C)c(N)cc1Nc1nccc(-c2cn(S(C)(=O)=O)c3ccccc23)n1.COc1cc(N(C)CCN(C)C)c([N+](=O)[O-])cc1Nc1nccc(-c2cn(S(C)(=O)=O)c3ccccc23)n1.CS(=O)(=O)n1cc(-c2ccnc(Cl)n2)c2ccccc21. The number of benzene rings is 8. The van der Waals surface area contributed by atoms with E-state index in [1.807, 2.05) is 89.7 Å². The van der Waals surface area contributed by atoms with Crippen molar-refractivity contribution in [1.82, 2.24) is 75.8 Å². The maximum Gasteiger partial charge on any atom is 0.307 e. The van der Waals surface area contributed by atoms with Gasteiger partial charge in [-0.15, -0.1) is 0 Å². The molecule has 0 amide bonds. The average Bonchev–Trinajstić information content (AvgIpc) is 1.62. The van der Waals surface area contributed by atoms with Gasteiger partial charge in [-0.05, 0) is 116 Å². The summed E-state index contributed by atoms with van der Waals surface area (Å²) in [4.78, 5) is 75.6. The predicted molar refractivity (Wildman–Crippen MR) is 573 cm³/mol. The summed E-state index contributed by atoms with van der Waals surface area (Å²) >= 11 is 5.80. The van der Waals surface area contributed by atoms with Gasteiger partial charge in [0.1, 0.15) is 28.7 Å². The van der Waals surface area contributed by atoms with Crippen LogP contribution in [-0.2, 0) is 40.1 Å². The molecule has 0 aliphatic rings. The van der Waals surface area contributed by atoms with E-state index < -0.39 is 77.9 Å². The highest BCUT2D eigenvalue weighted by Gasteiger charge is 2.28. The molecule has 16 rings (SSSR count). The molecule has 0 bridgehead atoms. The minimum absolute atomic E-state index is 0.0239. The molecule has 45 nitrogen and oxygen atoms in total. The Kier molecular flexibility index (Phi) is 38.6. The van der Waals surface area contributed by atoms with Crippen LogP contribution in [0.3, 0.4) is 0 Å². The number of para-hydroxylation sites is 4. The monoisotopic (exact) mass is 2130 g/mol. The summed E-state index contributed by atoms with van der Waals surface area (Å²) in [5.74, 6) is -0.368. The number of nitrogens with two attached hydrogens (primary N) is 2. The lowest BCUT2D eigenvalue weighted by Crippen LogP contribution is -2.29. The first-order valence-corrected chi connectivity index (χ1v) is 51.9. The molecule has 784 valence electrons. The number of nitrogen functional groups attached to an aromatic ring is 2. The van der Waals surface area contributed by atoms with Crippen molar-refractivity contribution < 1.29 is 81.3 Å². The number of aliphatic hydroxyl groups is 1. The Morgan fingerprint density at radius 3 is 0.986 bits per heavy atom. The van der Waals surface area contributed by atoms with E-state index in [0.29, 0.717) is 131 Å². The quantitative estimate of drug-likeness (QED) is 0.00891. The summed E-state index contributed by atoms with van der Waals surface area (Å²) in [6.45, 7) is 5.18. The van der Waals surface area contributed by atoms with Crippen molar-refractivity contribution in [2.24, 2.45) is 0 Å². The highest BCUT2D eigenvalue weighted by Crippen LogP contribution is 2.43. The van der Waals surface area contributed by atoms with Crippen LogP contribution in [0.4, 0.5) is 83.5 Å². The lowest BCUT2D eigenvalue weighted by molar-refractivity contribution is -0.387. The zero-order valence-electron chi connectivity index (χ0n) is 83.7. The molecule has 0 atom stereocenters. The largest absolute Gasteiger partial charge is 0.494 e. The maximum absolute atomic E-state index is 13.9. The third-order valence-corrected chi connectivity index (χ3v) is 26.0. The Hall–Kier alpha value is -16.0. The van der Waals surface area contributed by atoms with E-state index in [2.05, 4.69) is 94.7 Å². The van der Waals surface area contributed by atoms with Crippen LogP contribution in [0.1, 0.15) is 0 Å². The number of likely N-dealkylation sites (N-methyl/N-ethyl adjacent to an activating group) is 6. The summed E-state index contributed by atoms with van der Waals surface area (Å²) < 4.78 is 150. The van der Waals surface area contributed by atoms with Gasteiger partial charge in [-0.1, -0.05) is 72.8 Å². The molecule has 0 aliphatic heterocycles. The Morgan fingerprint density at radius 2 is 0.676 bits per heavy atom. The molecular weight excluding hydrogens is 2020 g/mol. The van der Waals surface area contributed by atoms with Crippen LogP contribution < -0.4 is 61.5 Å². The number of rotatable bonds is 32. The van der Waals surface area contributed by atoms with Gasteiger partial charge < -0.3 is 81.3 Å². The van der Waals surface area contributed by atoms with Crippen LogP contribution in [0.25, 0.3) is 88.6 Å². The number of nitrogens with zero attached hydrogens (tertiary/aromatic N) is 20. The molecule has 0 fully saturated rings. The van der Waals surface area contributed by atoms with Crippen molar-refractivity contribution in [2.75, 3.05) is 200 Å². The second-order valence-electron chi connectivity index (χ2n) is 33.2. The number of ether oxygens (including phenoxy) is 4. The first-order valence-electron chi connectivity index (χ1n) is 44.2. The van der Waals surface area contributed by atoms with Gasteiger partial charge in [0.25, 0.3) is 5.69 Å². The molecule has 8 heterocycles. The molecule has 8 aromatic heterocycles. The summed E-state index contributed by atoms with van der Waals surface area (Å²) in [6, 6.07) is 45.7. The van der Waals surface area contributed by atoms with Gasteiger partial charge in [0, 0.05) is 196 Å². The van der Waals surface area contributed by atoms with Gasteiger partial charge >= 0.3 is 11.4 Å². The van der Waals surface area contributed by atoms with E-state index in [4.69, 9.17) is 42.4 Å². The summed E-state index contributed by atoms with van der Waals surface area (Å²) in [5, 5.41) is 55.4. The summed E-state index contributed by atoms with van der Waals surface area (Å²) in [7, 11) is 10.5. The number of hydrogen-bond acceptors (Lipinski definition) is 38. The minimum atomic E-state index is -3.56. The van der Waals surface area contributed by atoms with E-state index in [0.717, 1.165) is 92.8 Å². The fraction of sp³-hybridized carbons (Fsp3) is 0.250. The van der Waals surface area contributed by atoms with Gasteiger partial charge in [-0.3, -0.25) is 30.3 Å². The van der Waals surface area contributed by atoms with Gasteiger partial charge in [0.15, 0.2) is 0 Å². The predicted octanol–water partition coefficient (Wildman–Crippen LogP) is 13.8. The van der Waals surface area contributed by atoms with Crippen molar-refractivity contribution in [3.63, 3.8) is 0 Å². The van der Waals surface area contributed by atoms with Crippen molar-refractivity contribution in [3.05, 3.63) is 267 Å². The molecule has 0 unspecified atom stereocenters. The topological polar surface area (TPSA) is 562 Å². The van der Waals surface area contributed by atoms with Gasteiger partial charge in [-0.25, -0.2) is 89.4 Å². The van der Waals surface area contributed by atoms with E-state index in [9.17, 15) is 72.8 Å². The zero-order chi connectivity index (χ0) is 109. The number of halogens is 3. The van der Waals surface area contributed by atoms with Gasteiger partial charge in [-0.2, -0.15) is 8.78 Å². The maximum atomic E-state index is 13.9. The Labute approximate surface area is 857 Å². The summed E-state index contributed by atoms with van der Waals surface area (Å²) in [6.07, 6.45) is 16.8. The summed E-state index contributed by atoms with van der Waals surface area (Å²) in [5.41, 5.74) is 20.0. The van der Waals surface area contributed by atoms with Crippen molar-refractivity contribution in [2.45, 2.75) is 0 Å². The number of nitro benzene ring substituents is 3. The number of hydrogen-bond donors (Lipinski definition) is 7. The third kappa shape index (κ3) is 28.8. The van der Waals surface area contributed by atoms with E-state index in [1.165, 1.54) is 80.5 Å². The Morgan fingerprint density at radius 1 is 0.385 bits per heavy atom. The number of anilines is 10. The smallest absolute Gasteiger partial charge is 0.307 e. The van der Waals surface area contributed by atoms with Gasteiger partial charge in [0.2, 0.25) is 74.9 Å². The molecular formula is C96H111ClF2N26O19S4. The standard InChI is InChI=1S/C25H29N7O5S.C25H31N7O3S.C20H16FN5O5S.C13H10ClN3O2S.C7H7FN2O3.C5H14N2.CH4O/c1-29(2)12-13-30(3)22-15-24(37-4)20(14-23(22)32(33)34)28-25-26-11-10-19(27-25)18-16-31(38(5,35)36)21-9-7-6-8-17(18)21;1-30(2)12-13-31(3)23-15-24(35-4)21(14-19(23)26)29-25-27-11-10-20(28-25)18-16-32(36(5,33)34)22-9-7-6-8-17(18)22;1-31-19-9-14(21)18(26(27)28)10-16(19)24-20-22-8-7-15(23-20)13-11-25(32(2,29)30)17-6-4-3-5-12(13)17;1-20(18,19)17-8-10(9-4-2-3-5-12(9)17)11-6-7-15-13(14)16-11;1-13-7-2-4(8)6(10(11)12)3-5(7)9;1-6-4-5-7(2)3;1-2/h6-11,14-16H,12-13H2,1-5H3,(H,26,27,28);6-11,14-16H,12-13,26H2,1-5H3,(H,27,28,29);3-11H,1-2H3,(H,22,23,24);2-8H,1H3;2-3H,9H2,1H3;6H,4-5H2,1-3H3;2H,1H3. The van der Waals surface area contributed by atoms with Crippen molar-refractivity contribution in [3.8, 4) is 68.0 Å². The normalized spacial score (nSPS) is 11.3. The van der Waals surface area contributed by atoms with Crippen LogP contribution in [0, 0.1) is 42.0 Å². The number of nitro groups is 3. The lowest BCUT2D eigenvalue weighted by Gasteiger charge is -2.24. The second-order valence-corrected chi connectivity index (χ2v) is 41.0. The van der Waals surface area contributed by atoms with Crippen LogP contribution in [0.2, 0.25) is 5.28 Å². The van der Waals surface area contributed by atoms with E-state index in [-0.39, 0.29) is 45.7 Å². The van der Waals surface area contributed by atoms with Crippen LogP contribution in [-0.4, -0.2) is 287 Å². The van der Waals surface area contributed by atoms with Crippen molar-refractivity contribution >= 4 is 170 Å². The zero-order valence-corrected chi connectivity index (χ0v) is 87.7. The first-order chi connectivity index (χ1) is 70.0. The van der Waals surface area contributed by atoms with Crippen LogP contribution in [0.15, 0.2) is 219 Å². The minimum Gasteiger partial charge on any atom is -0.494 e. The Bertz CT molecular complexity index is 7990. The van der Waals surface area contributed by atoms with Crippen molar-refractivity contribution in [1.29, 1.82) is 0 Å². The fourth-order valence-electron chi connectivity index (χ4n) is 14.6. The molecule has 52 heteroatoms. The highest BCUT2D eigenvalue weighted by molar-refractivity contribution is 7.90. The third-order valence-electron chi connectivity index (χ3n) is 21.8. The lowest BCUT2D eigenvalue weighted by atomic mass is 10.1. The van der Waals surface area contributed by atoms with Crippen LogP contribution >= 0.6 is 11.6 Å². The number of aromatic nitrogens is 12. The number of methoxy groups -OCH3 is 4. The molecule has 0 saturated carbocycles. The number of fused-ring (bicyclic) bond motifs is 4. The fourth-order valence-corrected chi connectivity index (χ4v) is 18.0. The average molecular weight is 2130 g/mol. The molecule has 0 spiro atoms. The Balaban J connectivity index is 0.000000191. The highest BCUT2D eigenvalue weighted by atomic mass is 35.5. The molecule has 8 aromatic carbocycles. The molecule has 9 N–H and O–H groups in total. The molecule has 148 heavy (non-hydrogen) atoms. The van der Waals surface area contributed by atoms with Gasteiger partial charge in [0.05, 0.1) is 147 Å². The molecule has 0 aliphatic carbocycles. The molecule has 0 saturated heterocycles. The molecule has 0 radical (unpaired) electrons. The van der Waals surface area contributed by atoms with E-state index in [1.54, 1.807) is 135 Å². The molecule has 16 aromatic rings. The second kappa shape index (κ2) is 50.2. The number of nitrogens with one attached hydrogen (secondary N) is 4.